The van der Waals surface area contributed by atoms with Gasteiger partial charge in [-0.1, -0.05) is 33.3 Å². The van der Waals surface area contributed by atoms with Crippen molar-refractivity contribution in [1.29, 1.82) is 0 Å². The Morgan fingerprint density at radius 1 is 1.15 bits per heavy atom. The summed E-state index contributed by atoms with van der Waals surface area (Å²) in [7, 11) is 0. The molecular formula is C29H44O5. The van der Waals surface area contributed by atoms with Crippen molar-refractivity contribution in [2.45, 2.75) is 98.5 Å². The van der Waals surface area contributed by atoms with E-state index in [1.807, 2.05) is 19.9 Å². The number of aliphatic hydroxyl groups is 1. The van der Waals surface area contributed by atoms with E-state index >= 15 is 0 Å². The molecule has 3 fully saturated rings. The van der Waals surface area contributed by atoms with Crippen LogP contribution in [0.2, 0.25) is 0 Å². The minimum Gasteiger partial charge on any atom is -0.462 e. The molecule has 3 saturated carbocycles. The van der Waals surface area contributed by atoms with E-state index in [2.05, 4.69) is 13.8 Å². The zero-order valence-electron chi connectivity index (χ0n) is 21.8. The van der Waals surface area contributed by atoms with Crippen LogP contribution in [0.3, 0.4) is 0 Å². The third-order valence-corrected chi connectivity index (χ3v) is 10.6. The third-order valence-electron chi connectivity index (χ3n) is 10.6. The number of hydrogen-bond donors (Lipinski definition) is 1. The average Bonchev–Trinajstić information content (AvgIpc) is 3.08. The molecule has 4 rings (SSSR count). The minimum atomic E-state index is -0.256. The van der Waals surface area contributed by atoms with Crippen LogP contribution in [-0.4, -0.2) is 35.4 Å². The predicted molar refractivity (Wildman–Crippen MR) is 131 cm³/mol. The fourth-order valence-corrected chi connectivity index (χ4v) is 8.72. The number of esters is 1. The number of hydrogen-bond acceptors (Lipinski definition) is 5. The van der Waals surface area contributed by atoms with Crippen molar-refractivity contribution >= 4 is 17.5 Å². The second-order valence-corrected chi connectivity index (χ2v) is 12.5. The smallest absolute Gasteiger partial charge is 0.302 e. The number of ketones is 2. The highest BCUT2D eigenvalue weighted by atomic mass is 16.5. The highest BCUT2D eigenvalue weighted by Gasteiger charge is 2.63. The summed E-state index contributed by atoms with van der Waals surface area (Å²) in [5.41, 5.74) is 1.44. The number of Topliss-reactive ketones (excluding diaryl/α,β-unsaturated/α-hetero) is 1. The Bertz CT molecular complexity index is 861. The van der Waals surface area contributed by atoms with E-state index < -0.39 is 0 Å². The molecule has 1 N–H and O–H groups in total. The van der Waals surface area contributed by atoms with E-state index in [0.29, 0.717) is 37.0 Å². The van der Waals surface area contributed by atoms with Gasteiger partial charge in [-0.3, -0.25) is 14.4 Å². The van der Waals surface area contributed by atoms with Gasteiger partial charge < -0.3 is 9.84 Å². The molecule has 0 aliphatic heterocycles. The number of rotatable bonds is 7. The van der Waals surface area contributed by atoms with Gasteiger partial charge in [0.05, 0.1) is 0 Å². The minimum absolute atomic E-state index is 0.0268. The number of fused-ring (bicyclic) bond motifs is 5. The number of aliphatic hydroxyl groups excluding tert-OH is 1. The average molecular weight is 473 g/mol. The lowest BCUT2D eigenvalue weighted by Crippen LogP contribution is -2.51. The molecular weight excluding hydrogens is 428 g/mol. The van der Waals surface area contributed by atoms with Gasteiger partial charge >= 0.3 is 5.97 Å². The Balaban J connectivity index is 1.61. The Labute approximate surface area is 205 Å². The van der Waals surface area contributed by atoms with Crippen LogP contribution >= 0.6 is 0 Å². The molecule has 5 nitrogen and oxygen atoms in total. The molecule has 5 unspecified atom stereocenters. The predicted octanol–water partition coefficient (Wildman–Crippen LogP) is 5.29. The highest BCUT2D eigenvalue weighted by Crippen LogP contribution is 2.68. The van der Waals surface area contributed by atoms with Crippen LogP contribution in [0.15, 0.2) is 11.6 Å². The van der Waals surface area contributed by atoms with Crippen molar-refractivity contribution in [2.24, 2.45) is 46.3 Å². The molecule has 0 radical (unpaired) electrons. The third kappa shape index (κ3) is 4.31. The summed E-state index contributed by atoms with van der Waals surface area (Å²) >= 11 is 0. The van der Waals surface area contributed by atoms with Crippen LogP contribution in [0.25, 0.3) is 0 Å². The van der Waals surface area contributed by atoms with Gasteiger partial charge in [0.25, 0.3) is 0 Å². The Morgan fingerprint density at radius 3 is 2.56 bits per heavy atom. The van der Waals surface area contributed by atoms with Crippen molar-refractivity contribution in [3.05, 3.63) is 11.6 Å². The fraction of sp³-hybridized carbons (Fsp3) is 0.828. The summed E-state index contributed by atoms with van der Waals surface area (Å²) in [6.07, 6.45) is 9.61. The fourth-order valence-electron chi connectivity index (χ4n) is 8.72. The summed E-state index contributed by atoms with van der Waals surface area (Å²) in [6, 6.07) is 0. The number of ether oxygens (including phenoxy) is 1. The first-order valence-corrected chi connectivity index (χ1v) is 13.6. The maximum atomic E-state index is 13.3. The molecule has 0 amide bonds. The summed E-state index contributed by atoms with van der Waals surface area (Å²) in [5, 5.41) is 9.37. The lowest BCUT2D eigenvalue weighted by molar-refractivity contribution is -0.152. The number of carbonyl (C=O) groups is 3. The van der Waals surface area contributed by atoms with Crippen LogP contribution in [0, 0.1) is 46.3 Å². The van der Waals surface area contributed by atoms with E-state index in [-0.39, 0.29) is 58.8 Å². The van der Waals surface area contributed by atoms with Gasteiger partial charge in [0.2, 0.25) is 0 Å². The van der Waals surface area contributed by atoms with Crippen molar-refractivity contribution < 1.29 is 24.2 Å². The second-order valence-electron chi connectivity index (χ2n) is 12.5. The summed E-state index contributed by atoms with van der Waals surface area (Å²) in [5.74, 6) is 1.80. The van der Waals surface area contributed by atoms with Crippen LogP contribution in [0.5, 0.6) is 0 Å². The molecule has 4 aliphatic carbocycles. The number of carbonyl (C=O) groups excluding carboxylic acids is 3. The molecule has 190 valence electrons. The zero-order valence-corrected chi connectivity index (χ0v) is 21.8. The maximum Gasteiger partial charge on any atom is 0.302 e. The van der Waals surface area contributed by atoms with Crippen molar-refractivity contribution in [3.8, 4) is 0 Å². The van der Waals surface area contributed by atoms with Gasteiger partial charge in [-0.05, 0) is 85.5 Å². The zero-order chi connectivity index (χ0) is 24.8. The molecule has 0 spiro atoms. The molecule has 0 aromatic rings. The van der Waals surface area contributed by atoms with Crippen molar-refractivity contribution in [1.82, 2.24) is 0 Å². The van der Waals surface area contributed by atoms with Crippen LogP contribution < -0.4 is 0 Å². The summed E-state index contributed by atoms with van der Waals surface area (Å²) in [4.78, 5) is 37.5. The van der Waals surface area contributed by atoms with Gasteiger partial charge in [0.15, 0.2) is 5.78 Å². The molecule has 0 saturated heterocycles. The summed E-state index contributed by atoms with van der Waals surface area (Å²) in [6.45, 7) is 10.3. The first-order chi connectivity index (χ1) is 16.0. The molecule has 4 aliphatic rings. The van der Waals surface area contributed by atoms with E-state index in [9.17, 15) is 19.5 Å². The Hall–Kier alpha value is -1.49. The van der Waals surface area contributed by atoms with Gasteiger partial charge in [-0.15, -0.1) is 0 Å². The monoisotopic (exact) mass is 472 g/mol. The Morgan fingerprint density at radius 2 is 1.88 bits per heavy atom. The standard InChI is InChI=1S/C29H44O5/c1-17(16-30)6-9-25(33)18(2)27-26(34-19(3)31)15-24-22-8-7-20-14-21(32)10-12-28(20,4)23(22)11-13-29(24,27)5/h14,17-18,22-24,26-27,30H,6-13,15-16H2,1-5H3/t17?,18-,22?,23?,24?,26-,27?,28+,29+/m1/s1. The topological polar surface area (TPSA) is 80.7 Å². The van der Waals surface area contributed by atoms with E-state index in [0.717, 1.165) is 38.5 Å². The largest absolute Gasteiger partial charge is 0.462 e. The van der Waals surface area contributed by atoms with E-state index in [1.54, 1.807) is 0 Å². The first-order valence-electron chi connectivity index (χ1n) is 13.6. The molecule has 5 heteroatoms. The van der Waals surface area contributed by atoms with Gasteiger partial charge in [-0.2, -0.15) is 0 Å². The number of allylic oxidation sites excluding steroid dienone is 1. The molecule has 0 aromatic heterocycles. The Kier molecular flexibility index (Phi) is 7.17. The van der Waals surface area contributed by atoms with E-state index in [1.165, 1.54) is 12.5 Å². The molecule has 0 aromatic carbocycles. The highest BCUT2D eigenvalue weighted by molar-refractivity contribution is 5.91. The molecule has 34 heavy (non-hydrogen) atoms. The van der Waals surface area contributed by atoms with Crippen LogP contribution in [-0.2, 0) is 19.1 Å². The van der Waals surface area contributed by atoms with Crippen LogP contribution in [0.4, 0.5) is 0 Å². The maximum absolute atomic E-state index is 13.3. The molecule has 0 bridgehead atoms. The quantitative estimate of drug-likeness (QED) is 0.509. The normalized spacial score (nSPS) is 40.9. The summed E-state index contributed by atoms with van der Waals surface area (Å²) < 4.78 is 5.94. The molecule has 0 heterocycles. The van der Waals surface area contributed by atoms with Crippen molar-refractivity contribution in [3.63, 3.8) is 0 Å². The molecule has 9 atom stereocenters. The second kappa shape index (κ2) is 9.52. The van der Waals surface area contributed by atoms with Gasteiger partial charge in [0, 0.05) is 38.2 Å². The SMILES string of the molecule is CC(=O)O[C@@H]1CC2C3CCC4=CC(=O)CC[C@]4(C)C3CC[C@]2(C)C1[C@H](C)C(=O)CCC(C)CO. The lowest BCUT2D eigenvalue weighted by atomic mass is 9.46. The first kappa shape index (κ1) is 25.6. The van der Waals surface area contributed by atoms with Crippen molar-refractivity contribution in [2.75, 3.05) is 6.61 Å². The van der Waals surface area contributed by atoms with Gasteiger partial charge in [-0.25, -0.2) is 0 Å². The van der Waals surface area contributed by atoms with E-state index in [4.69, 9.17) is 4.74 Å². The van der Waals surface area contributed by atoms with Crippen LogP contribution in [0.1, 0.15) is 92.4 Å². The lowest BCUT2D eigenvalue weighted by Gasteiger charge is -2.58. The van der Waals surface area contributed by atoms with Gasteiger partial charge in [0.1, 0.15) is 11.9 Å².